The third-order valence-corrected chi connectivity index (χ3v) is 9.58. The largest absolute Gasteiger partial charge is 0.481 e. The van der Waals surface area contributed by atoms with Crippen LogP contribution in [0.1, 0.15) is 63.5 Å². The van der Waals surface area contributed by atoms with Crippen molar-refractivity contribution in [1.29, 1.82) is 0 Å². The molecule has 32 heavy (non-hydrogen) atoms. The Morgan fingerprint density at radius 3 is 2.31 bits per heavy atom. The van der Waals surface area contributed by atoms with Gasteiger partial charge in [-0.15, -0.1) is 11.3 Å². The zero-order valence-corrected chi connectivity index (χ0v) is 21.6. The van der Waals surface area contributed by atoms with Crippen molar-refractivity contribution in [3.63, 3.8) is 0 Å². The summed E-state index contributed by atoms with van der Waals surface area (Å²) in [4.78, 5) is 3.98. The van der Waals surface area contributed by atoms with Crippen LogP contribution in [-0.2, 0) is 28.4 Å². The highest BCUT2D eigenvalue weighted by atomic mass is 32.2. The highest BCUT2D eigenvalue weighted by molar-refractivity contribution is 7.89. The fraction of sp³-hybridized carbons (Fsp3) is 0.600. The molecule has 1 aromatic carbocycles. The van der Waals surface area contributed by atoms with E-state index in [1.54, 1.807) is 27.8 Å². The third kappa shape index (κ3) is 5.06. The van der Waals surface area contributed by atoms with Gasteiger partial charge < -0.3 is 9.64 Å². The lowest BCUT2D eigenvalue weighted by Gasteiger charge is -2.34. The number of hydrogen-bond acceptors (Lipinski definition) is 5. The van der Waals surface area contributed by atoms with Crippen LogP contribution in [0.25, 0.3) is 0 Å². The summed E-state index contributed by atoms with van der Waals surface area (Å²) in [5, 5.41) is 0.937. The molecule has 0 spiro atoms. The second-order valence-electron chi connectivity index (χ2n) is 10.3. The van der Waals surface area contributed by atoms with Gasteiger partial charge in [0.2, 0.25) is 10.0 Å². The standard InChI is InChI=1S/C25H36N2O3S2/c1-18(2)26-13-11-21(12-14-26)30-24-16-19-10-15-27(17-23(19)31-24)32(28,29)22-8-6-20(7-9-22)25(3,4)5/h6-9,16,18,21H,10-15,17H2,1-5H3. The van der Waals surface area contributed by atoms with Gasteiger partial charge in [-0.2, -0.15) is 4.31 Å². The van der Waals surface area contributed by atoms with Crippen molar-refractivity contribution in [3.05, 3.63) is 46.3 Å². The molecule has 4 rings (SSSR count). The molecule has 0 atom stereocenters. The summed E-state index contributed by atoms with van der Waals surface area (Å²) in [6, 6.07) is 10.1. The van der Waals surface area contributed by atoms with E-state index in [0.717, 1.165) is 47.9 Å². The third-order valence-electron chi connectivity index (χ3n) is 6.67. The van der Waals surface area contributed by atoms with Gasteiger partial charge in [0.25, 0.3) is 0 Å². The first kappa shape index (κ1) is 23.7. The summed E-state index contributed by atoms with van der Waals surface area (Å²) in [7, 11) is -3.51. The van der Waals surface area contributed by atoms with Crippen LogP contribution in [-0.4, -0.2) is 49.4 Å². The molecule has 0 bridgehead atoms. The molecular formula is C25H36N2O3S2. The van der Waals surface area contributed by atoms with E-state index in [1.165, 1.54) is 5.56 Å². The molecule has 1 fully saturated rings. The molecule has 0 amide bonds. The first-order valence-electron chi connectivity index (χ1n) is 11.7. The monoisotopic (exact) mass is 476 g/mol. The molecule has 3 heterocycles. The van der Waals surface area contributed by atoms with Gasteiger partial charge in [0.15, 0.2) is 5.06 Å². The number of nitrogens with zero attached hydrogens (tertiary/aromatic N) is 2. The average Bonchev–Trinajstić information content (AvgIpc) is 3.15. The summed E-state index contributed by atoms with van der Waals surface area (Å²) in [6.45, 7) is 14.0. The highest BCUT2D eigenvalue weighted by Crippen LogP contribution is 2.36. The van der Waals surface area contributed by atoms with E-state index < -0.39 is 10.0 Å². The molecular weight excluding hydrogens is 440 g/mol. The minimum absolute atomic E-state index is 0.00109. The van der Waals surface area contributed by atoms with Crippen LogP contribution in [0.5, 0.6) is 5.06 Å². The number of hydrogen-bond donors (Lipinski definition) is 0. The Morgan fingerprint density at radius 2 is 1.72 bits per heavy atom. The Labute approximate surface area is 197 Å². The van der Waals surface area contributed by atoms with Gasteiger partial charge in [0.1, 0.15) is 6.10 Å². The van der Waals surface area contributed by atoms with Crippen LogP contribution in [0.4, 0.5) is 0 Å². The normalized spacial score (nSPS) is 19.3. The maximum absolute atomic E-state index is 13.3. The molecule has 2 aromatic rings. The van der Waals surface area contributed by atoms with E-state index in [-0.39, 0.29) is 11.5 Å². The Bertz CT molecular complexity index is 1030. The number of rotatable bonds is 5. The summed E-state index contributed by atoms with van der Waals surface area (Å²) in [6.07, 6.45) is 3.09. The molecule has 0 unspecified atom stereocenters. The number of sulfonamides is 1. The minimum Gasteiger partial charge on any atom is -0.481 e. The van der Waals surface area contributed by atoms with E-state index in [4.69, 9.17) is 4.74 Å². The first-order chi connectivity index (χ1) is 15.0. The molecule has 7 heteroatoms. The SMILES string of the molecule is CC(C)N1CCC(Oc2cc3c(s2)CN(S(=O)(=O)c2ccc(C(C)(C)C)cc2)CC3)CC1. The van der Waals surface area contributed by atoms with E-state index in [0.29, 0.717) is 24.0 Å². The van der Waals surface area contributed by atoms with E-state index in [9.17, 15) is 8.42 Å². The summed E-state index contributed by atoms with van der Waals surface area (Å²) < 4.78 is 34.4. The lowest BCUT2D eigenvalue weighted by atomic mass is 9.87. The van der Waals surface area contributed by atoms with E-state index >= 15 is 0 Å². The smallest absolute Gasteiger partial charge is 0.243 e. The van der Waals surface area contributed by atoms with Gasteiger partial charge in [-0.3, -0.25) is 0 Å². The van der Waals surface area contributed by atoms with Crippen molar-refractivity contribution in [2.24, 2.45) is 0 Å². The number of fused-ring (bicyclic) bond motifs is 1. The quantitative estimate of drug-likeness (QED) is 0.606. The lowest BCUT2D eigenvalue weighted by molar-refractivity contribution is 0.0868. The second-order valence-corrected chi connectivity index (χ2v) is 13.4. The Hall–Kier alpha value is -1.41. The maximum Gasteiger partial charge on any atom is 0.243 e. The fourth-order valence-electron chi connectivity index (χ4n) is 4.48. The molecule has 2 aliphatic rings. The van der Waals surface area contributed by atoms with Gasteiger partial charge in [-0.1, -0.05) is 32.9 Å². The maximum atomic E-state index is 13.3. The highest BCUT2D eigenvalue weighted by Gasteiger charge is 2.31. The minimum atomic E-state index is -3.51. The van der Waals surface area contributed by atoms with Gasteiger partial charge >= 0.3 is 0 Å². The number of ether oxygens (including phenoxy) is 1. The number of thiophene rings is 1. The van der Waals surface area contributed by atoms with Crippen LogP contribution >= 0.6 is 11.3 Å². The summed E-state index contributed by atoms with van der Waals surface area (Å²) in [5.74, 6) is 0. The molecule has 0 N–H and O–H groups in total. The van der Waals surface area contributed by atoms with Gasteiger partial charge in [0, 0.05) is 37.1 Å². The van der Waals surface area contributed by atoms with Gasteiger partial charge in [-0.05, 0) is 67.9 Å². The van der Waals surface area contributed by atoms with E-state index in [2.05, 4.69) is 45.6 Å². The number of likely N-dealkylation sites (tertiary alicyclic amines) is 1. The molecule has 176 valence electrons. The molecule has 0 aliphatic carbocycles. The van der Waals surface area contributed by atoms with Crippen LogP contribution in [0.2, 0.25) is 0 Å². The van der Waals surface area contributed by atoms with Crippen molar-refractivity contribution in [3.8, 4) is 5.06 Å². The van der Waals surface area contributed by atoms with Gasteiger partial charge in [-0.25, -0.2) is 8.42 Å². The molecule has 2 aliphatic heterocycles. The molecule has 1 saturated heterocycles. The van der Waals surface area contributed by atoms with Crippen molar-refractivity contribution < 1.29 is 13.2 Å². The molecule has 0 radical (unpaired) electrons. The average molecular weight is 477 g/mol. The predicted octanol–water partition coefficient (Wildman–Crippen LogP) is 5.04. The fourth-order valence-corrected chi connectivity index (χ4v) is 7.11. The molecule has 5 nitrogen and oxygen atoms in total. The first-order valence-corrected chi connectivity index (χ1v) is 13.9. The van der Waals surface area contributed by atoms with Crippen molar-refractivity contribution in [1.82, 2.24) is 9.21 Å². The predicted molar refractivity (Wildman–Crippen MR) is 131 cm³/mol. The molecule has 0 saturated carbocycles. The Balaban J connectivity index is 1.42. The van der Waals surface area contributed by atoms with Crippen LogP contribution in [0.3, 0.4) is 0 Å². The van der Waals surface area contributed by atoms with Crippen LogP contribution < -0.4 is 4.74 Å². The topological polar surface area (TPSA) is 49.9 Å². The van der Waals surface area contributed by atoms with Crippen molar-refractivity contribution in [2.75, 3.05) is 19.6 Å². The zero-order chi connectivity index (χ0) is 23.1. The summed E-state index contributed by atoms with van der Waals surface area (Å²) in [5.41, 5.74) is 2.37. The Kier molecular flexibility index (Phi) is 6.74. The van der Waals surface area contributed by atoms with Gasteiger partial charge in [0.05, 0.1) is 4.90 Å². The van der Waals surface area contributed by atoms with Crippen molar-refractivity contribution >= 4 is 21.4 Å². The van der Waals surface area contributed by atoms with Crippen LogP contribution in [0.15, 0.2) is 35.2 Å². The second kappa shape index (κ2) is 9.09. The zero-order valence-electron chi connectivity index (χ0n) is 19.9. The number of piperidine rings is 1. The van der Waals surface area contributed by atoms with Crippen molar-refractivity contribution in [2.45, 2.75) is 82.9 Å². The van der Waals surface area contributed by atoms with E-state index in [1.807, 2.05) is 12.1 Å². The number of benzene rings is 1. The lowest BCUT2D eigenvalue weighted by Crippen LogP contribution is -2.41. The summed E-state index contributed by atoms with van der Waals surface area (Å²) >= 11 is 1.62. The Morgan fingerprint density at radius 1 is 1.06 bits per heavy atom. The van der Waals surface area contributed by atoms with Crippen LogP contribution in [0, 0.1) is 0 Å². The molecule has 1 aromatic heterocycles.